The van der Waals surface area contributed by atoms with E-state index in [0.29, 0.717) is 43.2 Å². The molecule has 2 heterocycles. The lowest BCUT2D eigenvalue weighted by Crippen LogP contribution is -2.42. The second-order valence-corrected chi connectivity index (χ2v) is 7.67. The fourth-order valence-corrected chi connectivity index (χ4v) is 4.31. The summed E-state index contributed by atoms with van der Waals surface area (Å²) >= 11 is 0. The number of halogens is 1. The maximum absolute atomic E-state index is 13.6. The summed E-state index contributed by atoms with van der Waals surface area (Å²) in [5, 5.41) is 10.6. The lowest BCUT2D eigenvalue weighted by atomic mass is 9.78. The molecular formula is C21H24FN3O5. The molecule has 30 heavy (non-hydrogen) atoms. The minimum absolute atomic E-state index is 0.0818. The van der Waals surface area contributed by atoms with Crippen molar-refractivity contribution in [1.29, 1.82) is 0 Å². The number of hydrogen-bond donors (Lipinski definition) is 1. The Hall–Kier alpha value is -2.94. The number of carbonyl (C=O) groups is 1. The van der Waals surface area contributed by atoms with Crippen molar-refractivity contribution in [2.24, 2.45) is 11.8 Å². The third kappa shape index (κ3) is 4.02. The standard InChI is InChI=1S/C21H24FN3O5/c1-28-19-16(22)9-23-21(24-19)25-10-13-7-17(26)18(8-14(13)11-25)30-15-5-3-4-12(6-15)20(27)29-2/h3-6,9,13-14,17-18,26H,7-8,10-11H2,1-2H3/t13-,14+,17+,18+/m0/s1. The van der Waals surface area contributed by atoms with Gasteiger partial charge in [0.1, 0.15) is 11.9 Å². The van der Waals surface area contributed by atoms with Crippen molar-refractivity contribution in [3.63, 3.8) is 0 Å². The van der Waals surface area contributed by atoms with Gasteiger partial charge in [0.05, 0.1) is 32.1 Å². The van der Waals surface area contributed by atoms with E-state index in [4.69, 9.17) is 14.2 Å². The smallest absolute Gasteiger partial charge is 0.337 e. The number of carbonyl (C=O) groups excluding carboxylic acids is 1. The first kappa shape index (κ1) is 20.3. The van der Waals surface area contributed by atoms with Crippen LogP contribution in [0.2, 0.25) is 0 Å². The Bertz CT molecular complexity index is 927. The van der Waals surface area contributed by atoms with Gasteiger partial charge in [-0.1, -0.05) is 6.07 Å². The number of nitrogens with zero attached hydrogens (tertiary/aromatic N) is 3. The molecule has 2 aromatic rings. The van der Waals surface area contributed by atoms with Crippen molar-refractivity contribution in [2.45, 2.75) is 25.0 Å². The van der Waals surface area contributed by atoms with Gasteiger partial charge in [0.15, 0.2) is 0 Å². The molecule has 0 spiro atoms. The molecule has 4 rings (SSSR count). The normalized spacial score (nSPS) is 25.5. The summed E-state index contributed by atoms with van der Waals surface area (Å²) in [4.78, 5) is 22.0. The van der Waals surface area contributed by atoms with Crippen LogP contribution in [0, 0.1) is 17.7 Å². The van der Waals surface area contributed by atoms with Crippen molar-refractivity contribution >= 4 is 11.9 Å². The zero-order valence-electron chi connectivity index (χ0n) is 16.8. The molecule has 0 bridgehead atoms. The van der Waals surface area contributed by atoms with Gasteiger partial charge in [-0.2, -0.15) is 9.37 Å². The first-order valence-corrected chi connectivity index (χ1v) is 9.83. The molecule has 1 aromatic carbocycles. The highest BCUT2D eigenvalue weighted by atomic mass is 19.1. The van der Waals surface area contributed by atoms with Crippen LogP contribution in [0.4, 0.5) is 10.3 Å². The number of aliphatic hydroxyl groups excluding tert-OH is 1. The van der Waals surface area contributed by atoms with Crippen molar-refractivity contribution in [3.8, 4) is 11.6 Å². The van der Waals surface area contributed by atoms with Crippen LogP contribution in [-0.2, 0) is 4.74 Å². The zero-order chi connectivity index (χ0) is 21.3. The molecule has 1 aliphatic carbocycles. The maximum Gasteiger partial charge on any atom is 0.337 e. The topological polar surface area (TPSA) is 94.0 Å². The van der Waals surface area contributed by atoms with E-state index in [1.165, 1.54) is 14.2 Å². The van der Waals surface area contributed by atoms with Gasteiger partial charge in [-0.25, -0.2) is 9.78 Å². The van der Waals surface area contributed by atoms with Crippen molar-refractivity contribution in [1.82, 2.24) is 9.97 Å². The molecule has 2 fully saturated rings. The molecule has 1 aliphatic heterocycles. The molecule has 0 amide bonds. The first-order chi connectivity index (χ1) is 14.5. The van der Waals surface area contributed by atoms with Crippen LogP contribution < -0.4 is 14.4 Å². The number of fused-ring (bicyclic) bond motifs is 1. The molecular weight excluding hydrogens is 393 g/mol. The number of aliphatic hydroxyl groups is 1. The Morgan fingerprint density at radius 2 is 2.00 bits per heavy atom. The van der Waals surface area contributed by atoms with Crippen LogP contribution in [0.1, 0.15) is 23.2 Å². The van der Waals surface area contributed by atoms with E-state index in [1.54, 1.807) is 24.3 Å². The molecule has 9 heteroatoms. The van der Waals surface area contributed by atoms with Gasteiger partial charge in [-0.05, 0) is 42.9 Å². The van der Waals surface area contributed by atoms with Gasteiger partial charge < -0.3 is 24.2 Å². The summed E-state index contributed by atoms with van der Waals surface area (Å²) in [6, 6.07) is 6.74. The lowest BCUT2D eigenvalue weighted by Gasteiger charge is -2.35. The molecule has 1 saturated carbocycles. The van der Waals surface area contributed by atoms with Crippen LogP contribution in [0.15, 0.2) is 30.5 Å². The number of aromatic nitrogens is 2. The van der Waals surface area contributed by atoms with Gasteiger partial charge in [0, 0.05) is 13.1 Å². The average Bonchev–Trinajstić information content (AvgIpc) is 3.16. The molecule has 160 valence electrons. The predicted octanol–water partition coefficient (Wildman–Crippen LogP) is 2.07. The highest BCUT2D eigenvalue weighted by Crippen LogP contribution is 2.39. The third-order valence-corrected chi connectivity index (χ3v) is 5.80. The highest BCUT2D eigenvalue weighted by molar-refractivity contribution is 5.89. The molecule has 0 unspecified atom stereocenters. The Morgan fingerprint density at radius 1 is 1.23 bits per heavy atom. The number of anilines is 1. The molecule has 2 aliphatic rings. The zero-order valence-corrected chi connectivity index (χ0v) is 16.8. The van der Waals surface area contributed by atoms with Crippen LogP contribution in [0.5, 0.6) is 11.6 Å². The molecule has 1 aromatic heterocycles. The summed E-state index contributed by atoms with van der Waals surface area (Å²) in [7, 11) is 2.69. The second kappa shape index (κ2) is 8.43. The maximum atomic E-state index is 13.6. The van der Waals surface area contributed by atoms with E-state index in [1.807, 2.05) is 4.90 Å². The SMILES string of the molecule is COC(=O)c1cccc(O[C@@H]2C[C@@H]3CN(c4ncc(F)c(OC)n4)C[C@@H]3C[C@H]2O)c1. The summed E-state index contributed by atoms with van der Waals surface area (Å²) in [6.45, 7) is 1.37. The number of esters is 1. The van der Waals surface area contributed by atoms with E-state index >= 15 is 0 Å². The van der Waals surface area contributed by atoms with Crippen LogP contribution in [0.3, 0.4) is 0 Å². The Morgan fingerprint density at radius 3 is 2.73 bits per heavy atom. The quantitative estimate of drug-likeness (QED) is 0.739. The fourth-order valence-electron chi connectivity index (χ4n) is 4.31. The summed E-state index contributed by atoms with van der Waals surface area (Å²) in [5.41, 5.74) is 0.396. The van der Waals surface area contributed by atoms with Gasteiger partial charge in [0.2, 0.25) is 11.8 Å². The van der Waals surface area contributed by atoms with Crippen LogP contribution >= 0.6 is 0 Å². The number of rotatable bonds is 5. The second-order valence-electron chi connectivity index (χ2n) is 7.67. The molecule has 8 nitrogen and oxygen atoms in total. The number of ether oxygens (including phenoxy) is 3. The number of hydrogen-bond acceptors (Lipinski definition) is 8. The van der Waals surface area contributed by atoms with Crippen molar-refractivity contribution in [2.75, 3.05) is 32.2 Å². The third-order valence-electron chi connectivity index (χ3n) is 5.80. The highest BCUT2D eigenvalue weighted by Gasteiger charge is 2.43. The van der Waals surface area contributed by atoms with E-state index in [9.17, 15) is 14.3 Å². The largest absolute Gasteiger partial charge is 0.488 e. The molecule has 1 N–H and O–H groups in total. The van der Waals surface area contributed by atoms with Crippen molar-refractivity contribution < 1.29 is 28.5 Å². The Kier molecular flexibility index (Phi) is 5.72. The van der Waals surface area contributed by atoms with Gasteiger partial charge >= 0.3 is 5.97 Å². The Labute approximate surface area is 173 Å². The van der Waals surface area contributed by atoms with Crippen LogP contribution in [-0.4, -0.2) is 60.6 Å². The summed E-state index contributed by atoms with van der Waals surface area (Å²) in [5.74, 6) is 0.355. The minimum atomic E-state index is -0.628. The van der Waals surface area contributed by atoms with Crippen LogP contribution in [0.25, 0.3) is 0 Å². The fraction of sp³-hybridized carbons (Fsp3) is 0.476. The first-order valence-electron chi connectivity index (χ1n) is 9.83. The molecule has 1 saturated heterocycles. The van der Waals surface area contributed by atoms with E-state index < -0.39 is 17.9 Å². The van der Waals surface area contributed by atoms with E-state index in [-0.39, 0.29) is 23.8 Å². The van der Waals surface area contributed by atoms with Gasteiger partial charge in [-0.15, -0.1) is 0 Å². The van der Waals surface area contributed by atoms with E-state index in [2.05, 4.69) is 9.97 Å². The molecule has 4 atom stereocenters. The summed E-state index contributed by atoms with van der Waals surface area (Å²) in [6.07, 6.45) is 1.33. The minimum Gasteiger partial charge on any atom is -0.488 e. The Balaban J connectivity index is 1.44. The predicted molar refractivity (Wildman–Crippen MR) is 105 cm³/mol. The number of methoxy groups -OCH3 is 2. The summed E-state index contributed by atoms with van der Waals surface area (Å²) < 4.78 is 29.3. The lowest BCUT2D eigenvalue weighted by molar-refractivity contribution is -0.0231. The van der Waals surface area contributed by atoms with Gasteiger partial charge in [0.25, 0.3) is 5.88 Å². The monoisotopic (exact) mass is 417 g/mol. The molecule has 0 radical (unpaired) electrons. The average molecular weight is 417 g/mol. The van der Waals surface area contributed by atoms with Crippen molar-refractivity contribution in [3.05, 3.63) is 41.8 Å². The van der Waals surface area contributed by atoms with E-state index in [0.717, 1.165) is 6.20 Å². The van der Waals surface area contributed by atoms with Gasteiger partial charge in [-0.3, -0.25) is 0 Å². The number of benzene rings is 1.